The maximum atomic E-state index is 12.0. The molecule has 0 aromatic heterocycles. The average molecular weight is 190 g/mol. The number of ketones is 1. The maximum absolute atomic E-state index is 12.0. The van der Waals surface area contributed by atoms with Gasteiger partial charge in [0.2, 0.25) is 0 Å². The van der Waals surface area contributed by atoms with Crippen LogP contribution in [0, 0.1) is 11.3 Å². The topological polar surface area (TPSA) is 17.1 Å². The van der Waals surface area contributed by atoms with Gasteiger partial charge in [0.1, 0.15) is 0 Å². The molecule has 1 aromatic carbocycles. The Labute approximate surface area is 86.1 Å². The minimum absolute atomic E-state index is 0.0346. The number of hydrogen-bond donors (Lipinski definition) is 0. The van der Waals surface area contributed by atoms with Gasteiger partial charge in [-0.3, -0.25) is 4.79 Å². The summed E-state index contributed by atoms with van der Waals surface area (Å²) in [5.74, 6) is 0.294. The first kappa shape index (κ1) is 11.0. The normalized spacial score (nSPS) is 13.7. The van der Waals surface area contributed by atoms with Crippen LogP contribution in [0.2, 0.25) is 0 Å². The lowest BCUT2D eigenvalue weighted by molar-refractivity contribution is 0.0839. The molecule has 0 N–H and O–H groups in total. The van der Waals surface area contributed by atoms with Gasteiger partial charge in [0, 0.05) is 11.5 Å². The van der Waals surface area contributed by atoms with Crippen molar-refractivity contribution in [3.8, 4) is 0 Å². The van der Waals surface area contributed by atoms with Crippen LogP contribution >= 0.6 is 0 Å². The second-order valence-electron chi connectivity index (χ2n) is 4.82. The highest BCUT2D eigenvalue weighted by molar-refractivity contribution is 5.97. The fourth-order valence-electron chi connectivity index (χ4n) is 1.25. The lowest BCUT2D eigenvalue weighted by Crippen LogP contribution is -2.25. The van der Waals surface area contributed by atoms with Gasteiger partial charge in [-0.25, -0.2) is 0 Å². The van der Waals surface area contributed by atoms with Gasteiger partial charge in [0.25, 0.3) is 0 Å². The van der Waals surface area contributed by atoms with Crippen molar-refractivity contribution in [2.75, 3.05) is 0 Å². The first-order valence-electron chi connectivity index (χ1n) is 5.02. The van der Waals surface area contributed by atoms with E-state index in [1.807, 2.05) is 37.3 Å². The second kappa shape index (κ2) is 3.95. The van der Waals surface area contributed by atoms with Crippen molar-refractivity contribution >= 4 is 5.78 Å². The summed E-state index contributed by atoms with van der Waals surface area (Å²) in [5.41, 5.74) is 0.849. The van der Waals surface area contributed by atoms with E-state index in [1.54, 1.807) is 0 Å². The summed E-state index contributed by atoms with van der Waals surface area (Å²) in [6.07, 6.45) is 0. The standard InChI is InChI=1S/C13H18O/c1-10(13(2,3)4)12(14)11-8-6-5-7-9-11/h5-10H,1-4H3/t10-/m1/s1. The van der Waals surface area contributed by atoms with E-state index in [0.29, 0.717) is 0 Å². The fourth-order valence-corrected chi connectivity index (χ4v) is 1.25. The van der Waals surface area contributed by atoms with Crippen LogP contribution in [0.1, 0.15) is 38.1 Å². The number of rotatable bonds is 2. The Morgan fingerprint density at radius 2 is 1.64 bits per heavy atom. The Kier molecular flexibility index (Phi) is 3.10. The number of Topliss-reactive ketones (excluding diaryl/α,β-unsaturated/α-hetero) is 1. The van der Waals surface area contributed by atoms with Crippen LogP contribution in [0.15, 0.2) is 30.3 Å². The summed E-state index contributed by atoms with van der Waals surface area (Å²) in [4.78, 5) is 12.0. The molecular formula is C13H18O. The zero-order valence-corrected chi connectivity index (χ0v) is 9.37. The summed E-state index contributed by atoms with van der Waals surface area (Å²) in [5, 5.41) is 0. The third kappa shape index (κ3) is 2.44. The van der Waals surface area contributed by atoms with Crippen LogP contribution in [-0.2, 0) is 0 Å². The SMILES string of the molecule is C[C@H](C(=O)c1ccccc1)C(C)(C)C. The van der Waals surface area contributed by atoms with Crippen molar-refractivity contribution in [1.29, 1.82) is 0 Å². The molecule has 1 atom stereocenters. The minimum Gasteiger partial charge on any atom is -0.294 e. The number of hydrogen-bond acceptors (Lipinski definition) is 1. The van der Waals surface area contributed by atoms with E-state index in [-0.39, 0.29) is 17.1 Å². The molecule has 0 aliphatic carbocycles. The lowest BCUT2D eigenvalue weighted by Gasteiger charge is -2.25. The molecule has 1 rings (SSSR count). The van der Waals surface area contributed by atoms with E-state index in [4.69, 9.17) is 0 Å². The van der Waals surface area contributed by atoms with E-state index in [1.165, 1.54) is 0 Å². The molecule has 1 aromatic rings. The molecule has 0 aliphatic heterocycles. The van der Waals surface area contributed by atoms with Gasteiger partial charge in [0.05, 0.1) is 0 Å². The van der Waals surface area contributed by atoms with Crippen LogP contribution in [0.25, 0.3) is 0 Å². The fraction of sp³-hybridized carbons (Fsp3) is 0.462. The zero-order chi connectivity index (χ0) is 10.8. The Bertz CT molecular complexity index is 306. The van der Waals surface area contributed by atoms with Crippen molar-refractivity contribution < 1.29 is 4.79 Å². The summed E-state index contributed by atoms with van der Waals surface area (Å²) in [6, 6.07) is 9.50. The predicted octanol–water partition coefficient (Wildman–Crippen LogP) is 3.55. The van der Waals surface area contributed by atoms with Crippen molar-refractivity contribution in [2.24, 2.45) is 11.3 Å². The zero-order valence-electron chi connectivity index (χ0n) is 9.37. The third-order valence-corrected chi connectivity index (χ3v) is 2.75. The van der Waals surface area contributed by atoms with E-state index in [9.17, 15) is 4.79 Å². The van der Waals surface area contributed by atoms with Crippen LogP contribution in [0.5, 0.6) is 0 Å². The van der Waals surface area contributed by atoms with Gasteiger partial charge in [0.15, 0.2) is 5.78 Å². The Balaban J connectivity index is 2.87. The summed E-state index contributed by atoms with van der Waals surface area (Å²) in [6.45, 7) is 8.28. The van der Waals surface area contributed by atoms with Crippen LogP contribution in [0.3, 0.4) is 0 Å². The number of carbonyl (C=O) groups excluding carboxylic acids is 1. The highest BCUT2D eigenvalue weighted by Gasteiger charge is 2.27. The molecule has 0 unspecified atom stereocenters. The predicted molar refractivity (Wildman–Crippen MR) is 59.4 cm³/mol. The second-order valence-corrected chi connectivity index (χ2v) is 4.82. The molecule has 1 heteroatoms. The number of benzene rings is 1. The van der Waals surface area contributed by atoms with Crippen LogP contribution in [0.4, 0.5) is 0 Å². The quantitative estimate of drug-likeness (QED) is 0.652. The van der Waals surface area contributed by atoms with E-state index < -0.39 is 0 Å². The minimum atomic E-state index is 0.0346. The van der Waals surface area contributed by atoms with Crippen molar-refractivity contribution in [2.45, 2.75) is 27.7 Å². The molecule has 76 valence electrons. The average Bonchev–Trinajstić information content (AvgIpc) is 2.15. The molecule has 14 heavy (non-hydrogen) atoms. The van der Waals surface area contributed by atoms with Gasteiger partial charge in [-0.2, -0.15) is 0 Å². The van der Waals surface area contributed by atoms with E-state index >= 15 is 0 Å². The van der Waals surface area contributed by atoms with Gasteiger partial charge >= 0.3 is 0 Å². The maximum Gasteiger partial charge on any atom is 0.166 e. The molecule has 0 bridgehead atoms. The lowest BCUT2D eigenvalue weighted by atomic mass is 9.78. The van der Waals surface area contributed by atoms with Crippen molar-refractivity contribution in [1.82, 2.24) is 0 Å². The molecule has 0 spiro atoms. The van der Waals surface area contributed by atoms with Crippen molar-refractivity contribution in [3.05, 3.63) is 35.9 Å². The first-order valence-corrected chi connectivity index (χ1v) is 5.02. The van der Waals surface area contributed by atoms with Crippen LogP contribution < -0.4 is 0 Å². The Morgan fingerprint density at radius 1 is 1.14 bits per heavy atom. The molecule has 0 heterocycles. The Hall–Kier alpha value is -1.11. The molecule has 0 amide bonds. The molecule has 1 nitrogen and oxygen atoms in total. The molecule has 0 saturated heterocycles. The van der Waals surface area contributed by atoms with Gasteiger partial charge in [-0.05, 0) is 5.41 Å². The van der Waals surface area contributed by atoms with Crippen LogP contribution in [-0.4, -0.2) is 5.78 Å². The van der Waals surface area contributed by atoms with Gasteiger partial charge in [-0.1, -0.05) is 58.0 Å². The smallest absolute Gasteiger partial charge is 0.166 e. The molecular weight excluding hydrogens is 172 g/mol. The van der Waals surface area contributed by atoms with E-state index in [2.05, 4.69) is 20.8 Å². The first-order chi connectivity index (χ1) is 6.43. The van der Waals surface area contributed by atoms with E-state index in [0.717, 1.165) is 5.56 Å². The summed E-state index contributed by atoms with van der Waals surface area (Å²) in [7, 11) is 0. The molecule has 0 fully saturated rings. The monoisotopic (exact) mass is 190 g/mol. The van der Waals surface area contributed by atoms with Gasteiger partial charge in [-0.15, -0.1) is 0 Å². The summed E-state index contributed by atoms with van der Waals surface area (Å²) >= 11 is 0. The largest absolute Gasteiger partial charge is 0.294 e. The molecule has 0 aliphatic rings. The number of carbonyl (C=O) groups is 1. The molecule has 0 saturated carbocycles. The third-order valence-electron chi connectivity index (χ3n) is 2.75. The summed E-state index contributed by atoms with van der Waals surface area (Å²) < 4.78 is 0. The Morgan fingerprint density at radius 3 is 2.07 bits per heavy atom. The molecule has 0 radical (unpaired) electrons. The highest BCUT2D eigenvalue weighted by atomic mass is 16.1. The van der Waals surface area contributed by atoms with Gasteiger partial charge < -0.3 is 0 Å². The van der Waals surface area contributed by atoms with Crippen molar-refractivity contribution in [3.63, 3.8) is 0 Å². The highest BCUT2D eigenvalue weighted by Crippen LogP contribution is 2.28.